The average Bonchev–Trinajstić information content (AvgIpc) is 3.51. The smallest absolute Gasteiger partial charge is 0.215 e. The number of likely N-dealkylation sites (N-methyl/N-ethyl adjacent to an activating group) is 1. The first-order chi connectivity index (χ1) is 15.7. The molecule has 1 aliphatic carbocycles. The summed E-state index contributed by atoms with van der Waals surface area (Å²) >= 11 is 0. The van der Waals surface area contributed by atoms with Crippen LogP contribution in [0, 0.1) is 12.3 Å². The highest BCUT2D eigenvalue weighted by molar-refractivity contribution is 6.29. The Morgan fingerprint density at radius 2 is 1.97 bits per heavy atom. The number of terminal acetylenes is 1. The van der Waals surface area contributed by atoms with Crippen LogP contribution >= 0.6 is 12.4 Å². The van der Waals surface area contributed by atoms with Gasteiger partial charge in [0.05, 0.1) is 18.2 Å². The van der Waals surface area contributed by atoms with Crippen molar-refractivity contribution in [2.75, 3.05) is 27.2 Å². The number of hydrogen-bond acceptors (Lipinski definition) is 5. The van der Waals surface area contributed by atoms with Gasteiger partial charge in [0.15, 0.2) is 0 Å². The van der Waals surface area contributed by atoms with Crippen molar-refractivity contribution in [3.63, 3.8) is 0 Å². The van der Waals surface area contributed by atoms with E-state index in [0.29, 0.717) is 6.61 Å². The van der Waals surface area contributed by atoms with Gasteiger partial charge in [-0.25, -0.2) is 0 Å². The molecule has 33 heavy (non-hydrogen) atoms. The van der Waals surface area contributed by atoms with E-state index in [1.54, 1.807) is 18.6 Å². The van der Waals surface area contributed by atoms with Crippen LogP contribution in [0.15, 0.2) is 70.6 Å². The SMILES string of the molecule is C#CC(ON=C1c2ccccc2-c2[nH]c3ccc(OCCN(C)C)cc3c21)c1ccoc1.Cl. The van der Waals surface area contributed by atoms with Crippen molar-refractivity contribution in [2.45, 2.75) is 6.10 Å². The normalized spacial score (nSPS) is 13.9. The molecule has 0 spiro atoms. The zero-order chi connectivity index (χ0) is 22.1. The fourth-order valence-electron chi connectivity index (χ4n) is 3.91. The van der Waals surface area contributed by atoms with E-state index in [-0.39, 0.29) is 12.4 Å². The van der Waals surface area contributed by atoms with Crippen molar-refractivity contribution in [3.05, 3.63) is 77.7 Å². The van der Waals surface area contributed by atoms with Gasteiger partial charge >= 0.3 is 0 Å². The molecule has 0 aliphatic heterocycles. The van der Waals surface area contributed by atoms with Crippen LogP contribution in [0.5, 0.6) is 5.75 Å². The summed E-state index contributed by atoms with van der Waals surface area (Å²) in [5, 5.41) is 5.56. The van der Waals surface area contributed by atoms with Crippen LogP contribution in [-0.4, -0.2) is 42.8 Å². The lowest BCUT2D eigenvalue weighted by molar-refractivity contribution is 0.0996. The van der Waals surface area contributed by atoms with E-state index in [1.807, 2.05) is 44.4 Å². The third kappa shape index (κ3) is 4.21. The van der Waals surface area contributed by atoms with E-state index in [2.05, 4.69) is 33.1 Å². The highest BCUT2D eigenvalue weighted by Gasteiger charge is 2.30. The Balaban J connectivity index is 0.00000259. The van der Waals surface area contributed by atoms with Crippen LogP contribution in [-0.2, 0) is 4.84 Å². The molecule has 1 unspecified atom stereocenters. The largest absolute Gasteiger partial charge is 0.492 e. The number of aromatic amines is 1. The highest BCUT2D eigenvalue weighted by Crippen LogP contribution is 2.42. The molecule has 4 aromatic rings. The summed E-state index contributed by atoms with van der Waals surface area (Å²) in [5.74, 6) is 3.44. The van der Waals surface area contributed by atoms with E-state index in [4.69, 9.17) is 20.4 Å². The third-order valence-electron chi connectivity index (χ3n) is 5.51. The number of H-pyrrole nitrogens is 1. The standard InChI is InChI=1S/C26H23N3O3.ClH/c1-4-23(17-11-13-30-16-17)32-28-26-20-8-6-5-7-19(20)25-24(26)21-15-18(9-10-22(21)27-25)31-14-12-29(2)3;/h1,5-11,13,15-16,23,27H,12,14H2,2-3H3;1H. The van der Waals surface area contributed by atoms with Gasteiger partial charge in [-0.2, -0.15) is 0 Å². The lowest BCUT2D eigenvalue weighted by Crippen LogP contribution is -2.19. The molecule has 0 amide bonds. The van der Waals surface area contributed by atoms with Gasteiger partial charge in [0.1, 0.15) is 18.1 Å². The summed E-state index contributed by atoms with van der Waals surface area (Å²) in [6, 6.07) is 16.0. The molecule has 0 bridgehead atoms. The molecular weight excluding hydrogens is 438 g/mol. The van der Waals surface area contributed by atoms with Gasteiger partial charge < -0.3 is 23.9 Å². The average molecular weight is 462 g/mol. The molecule has 7 heteroatoms. The fraction of sp³-hybridized carbons (Fsp3) is 0.192. The molecule has 0 saturated carbocycles. The number of ether oxygens (including phenoxy) is 1. The maximum absolute atomic E-state index is 5.97. The zero-order valence-corrected chi connectivity index (χ0v) is 19.2. The predicted molar refractivity (Wildman–Crippen MR) is 132 cm³/mol. The Kier molecular flexibility index (Phi) is 6.45. The molecule has 168 valence electrons. The molecule has 0 saturated heterocycles. The number of halogens is 1. The lowest BCUT2D eigenvalue weighted by Gasteiger charge is -2.11. The molecule has 2 aromatic heterocycles. The van der Waals surface area contributed by atoms with E-state index in [9.17, 15) is 0 Å². The van der Waals surface area contributed by atoms with Crippen molar-refractivity contribution in [1.29, 1.82) is 0 Å². The molecule has 2 aromatic carbocycles. The summed E-state index contributed by atoms with van der Waals surface area (Å²) in [7, 11) is 4.05. The Morgan fingerprint density at radius 1 is 1.15 bits per heavy atom. The van der Waals surface area contributed by atoms with Crippen molar-refractivity contribution in [2.24, 2.45) is 5.16 Å². The van der Waals surface area contributed by atoms with Gasteiger partial charge in [-0.05, 0) is 38.4 Å². The minimum absolute atomic E-state index is 0. The first-order valence-electron chi connectivity index (χ1n) is 10.4. The minimum atomic E-state index is -0.632. The maximum atomic E-state index is 5.97. The van der Waals surface area contributed by atoms with E-state index < -0.39 is 6.10 Å². The van der Waals surface area contributed by atoms with E-state index in [0.717, 1.165) is 56.9 Å². The number of hydrogen-bond donors (Lipinski definition) is 1. The predicted octanol–water partition coefficient (Wildman–Crippen LogP) is 5.25. The van der Waals surface area contributed by atoms with Gasteiger partial charge in [0.2, 0.25) is 6.10 Å². The Labute approximate surface area is 198 Å². The van der Waals surface area contributed by atoms with E-state index >= 15 is 0 Å². The van der Waals surface area contributed by atoms with Gasteiger partial charge in [0, 0.05) is 39.7 Å². The molecule has 6 nitrogen and oxygen atoms in total. The van der Waals surface area contributed by atoms with Crippen molar-refractivity contribution < 1.29 is 14.0 Å². The number of furan rings is 1. The molecule has 2 heterocycles. The van der Waals surface area contributed by atoms with Crippen molar-refractivity contribution >= 4 is 29.0 Å². The van der Waals surface area contributed by atoms with Crippen LogP contribution < -0.4 is 4.74 Å². The highest BCUT2D eigenvalue weighted by atomic mass is 35.5. The molecule has 0 fully saturated rings. The Morgan fingerprint density at radius 3 is 2.70 bits per heavy atom. The lowest BCUT2D eigenvalue weighted by atomic mass is 10.1. The van der Waals surface area contributed by atoms with Gasteiger partial charge in [-0.15, -0.1) is 18.8 Å². The summed E-state index contributed by atoms with van der Waals surface area (Å²) in [6.45, 7) is 1.46. The second kappa shape index (κ2) is 9.45. The fourth-order valence-corrected chi connectivity index (χ4v) is 3.91. The number of benzene rings is 2. The third-order valence-corrected chi connectivity index (χ3v) is 5.51. The quantitative estimate of drug-likeness (QED) is 0.266. The van der Waals surface area contributed by atoms with Crippen molar-refractivity contribution in [3.8, 4) is 29.4 Å². The number of aromatic nitrogens is 1. The molecular formula is C26H24ClN3O3. The van der Waals surface area contributed by atoms with Gasteiger partial charge in [0.25, 0.3) is 0 Å². The Bertz CT molecular complexity index is 1330. The summed E-state index contributed by atoms with van der Waals surface area (Å²) in [4.78, 5) is 11.4. The van der Waals surface area contributed by atoms with Crippen LogP contribution in [0.25, 0.3) is 22.2 Å². The van der Waals surface area contributed by atoms with Crippen LogP contribution in [0.2, 0.25) is 0 Å². The summed E-state index contributed by atoms with van der Waals surface area (Å²) in [5.41, 5.74) is 6.59. The second-order valence-electron chi connectivity index (χ2n) is 7.93. The molecule has 1 N–H and O–H groups in total. The van der Waals surface area contributed by atoms with Crippen LogP contribution in [0.3, 0.4) is 0 Å². The molecule has 5 rings (SSSR count). The van der Waals surface area contributed by atoms with Crippen LogP contribution in [0.1, 0.15) is 22.8 Å². The maximum Gasteiger partial charge on any atom is 0.215 e. The monoisotopic (exact) mass is 461 g/mol. The first kappa shape index (κ1) is 22.5. The number of fused-ring (bicyclic) bond motifs is 5. The molecule has 1 aliphatic rings. The molecule has 1 atom stereocenters. The van der Waals surface area contributed by atoms with Gasteiger partial charge in [-0.3, -0.25) is 0 Å². The zero-order valence-electron chi connectivity index (χ0n) is 18.4. The Hall–Kier alpha value is -3.66. The van der Waals surface area contributed by atoms with Gasteiger partial charge in [-0.1, -0.05) is 35.3 Å². The van der Waals surface area contributed by atoms with Crippen LogP contribution in [0.4, 0.5) is 0 Å². The number of nitrogens with zero attached hydrogens (tertiary/aromatic N) is 2. The minimum Gasteiger partial charge on any atom is -0.492 e. The summed E-state index contributed by atoms with van der Waals surface area (Å²) < 4.78 is 11.1. The second-order valence-corrected chi connectivity index (χ2v) is 7.93. The first-order valence-corrected chi connectivity index (χ1v) is 10.4. The topological polar surface area (TPSA) is 63.0 Å². The van der Waals surface area contributed by atoms with E-state index in [1.165, 1.54) is 0 Å². The van der Waals surface area contributed by atoms with Crippen molar-refractivity contribution in [1.82, 2.24) is 9.88 Å². The number of nitrogens with one attached hydrogen (secondary N) is 1. The number of oxime groups is 1. The number of rotatable bonds is 7. The summed E-state index contributed by atoms with van der Waals surface area (Å²) in [6.07, 6.45) is 8.19. The molecule has 0 radical (unpaired) electrons.